The lowest BCUT2D eigenvalue weighted by Gasteiger charge is -2.03. The molecule has 2 heterocycles. The molecule has 5 nitrogen and oxygen atoms in total. The first kappa shape index (κ1) is 14.7. The van der Waals surface area contributed by atoms with Gasteiger partial charge in [-0.3, -0.25) is 0 Å². The Morgan fingerprint density at radius 2 is 2.25 bits per heavy atom. The van der Waals surface area contributed by atoms with Crippen LogP contribution < -0.4 is 10.1 Å². The van der Waals surface area contributed by atoms with Crippen molar-refractivity contribution in [2.24, 2.45) is 0 Å². The maximum absolute atomic E-state index is 13.3. The summed E-state index contributed by atoms with van der Waals surface area (Å²) < 4.78 is 23.9. The Labute approximate surface area is 121 Å². The number of aromatic nitrogens is 2. The maximum Gasteiger partial charge on any atom is 0.231 e. The summed E-state index contributed by atoms with van der Waals surface area (Å²) in [4.78, 5) is 4.27. The molecule has 108 valence electrons. The van der Waals surface area contributed by atoms with Crippen molar-refractivity contribution in [3.05, 3.63) is 41.8 Å². The van der Waals surface area contributed by atoms with E-state index in [1.54, 1.807) is 18.2 Å². The summed E-state index contributed by atoms with van der Waals surface area (Å²) in [6.07, 6.45) is 0.996. The number of nitrogens with one attached hydrogen (secondary N) is 1. The predicted molar refractivity (Wildman–Crippen MR) is 72.5 cm³/mol. The molecule has 3 rings (SSSR count). The molecule has 1 aliphatic rings. The highest BCUT2D eigenvalue weighted by Gasteiger charge is 2.22. The van der Waals surface area contributed by atoms with Crippen LogP contribution in [0.15, 0.2) is 28.8 Å². The molecule has 0 unspecified atom stereocenters. The second kappa shape index (κ2) is 6.67. The third kappa shape index (κ3) is 3.26. The van der Waals surface area contributed by atoms with Gasteiger partial charge in [0, 0.05) is 6.54 Å². The summed E-state index contributed by atoms with van der Waals surface area (Å²) >= 11 is 0. The molecular formula is C13H15ClFN3O2. The molecule has 20 heavy (non-hydrogen) atoms. The van der Waals surface area contributed by atoms with E-state index in [0.29, 0.717) is 11.7 Å². The Balaban J connectivity index is 0.00000147. The topological polar surface area (TPSA) is 60.2 Å². The van der Waals surface area contributed by atoms with Crippen LogP contribution in [0.25, 0.3) is 0 Å². The molecule has 1 aliphatic heterocycles. The molecule has 0 bridgehead atoms. The Kier molecular flexibility index (Phi) is 4.92. The minimum Gasteiger partial charge on any atom is -0.482 e. The maximum atomic E-state index is 13.3. The lowest BCUT2D eigenvalue weighted by Crippen LogP contribution is -2.08. The monoisotopic (exact) mass is 299 g/mol. The van der Waals surface area contributed by atoms with E-state index in [0.717, 1.165) is 19.5 Å². The Morgan fingerprint density at radius 1 is 1.40 bits per heavy atom. The zero-order chi connectivity index (χ0) is 13.1. The Hall–Kier alpha value is -1.66. The summed E-state index contributed by atoms with van der Waals surface area (Å²) in [5.41, 5.74) is 0. The summed E-state index contributed by atoms with van der Waals surface area (Å²) in [5.74, 6) is 1.12. The standard InChI is InChI=1S/C13H14FN3O2.ClH/c14-10-3-1-2-4-11(10)18-8-12-16-13(19-17-12)9-5-6-15-7-9;/h1-4,9,15H,5-8H2;1H/t9-;/m1./s1. The van der Waals surface area contributed by atoms with Crippen LogP contribution in [0.5, 0.6) is 5.75 Å². The van der Waals surface area contributed by atoms with Gasteiger partial charge in [0.25, 0.3) is 0 Å². The van der Waals surface area contributed by atoms with E-state index in [1.807, 2.05) is 0 Å². The van der Waals surface area contributed by atoms with E-state index in [4.69, 9.17) is 9.26 Å². The van der Waals surface area contributed by atoms with Crippen molar-refractivity contribution in [3.8, 4) is 5.75 Å². The molecule has 0 spiro atoms. The molecule has 0 saturated carbocycles. The highest BCUT2D eigenvalue weighted by molar-refractivity contribution is 5.85. The van der Waals surface area contributed by atoms with Crippen LogP contribution in [0.1, 0.15) is 24.1 Å². The molecule has 1 aromatic heterocycles. The second-order valence-corrected chi connectivity index (χ2v) is 4.46. The summed E-state index contributed by atoms with van der Waals surface area (Å²) in [6, 6.07) is 6.24. The van der Waals surface area contributed by atoms with Gasteiger partial charge in [0.15, 0.2) is 18.2 Å². The van der Waals surface area contributed by atoms with Gasteiger partial charge in [-0.2, -0.15) is 4.98 Å². The molecule has 0 radical (unpaired) electrons. The van der Waals surface area contributed by atoms with Gasteiger partial charge in [-0.05, 0) is 25.1 Å². The number of para-hydroxylation sites is 1. The van der Waals surface area contributed by atoms with E-state index in [-0.39, 0.29) is 30.7 Å². The van der Waals surface area contributed by atoms with Crippen molar-refractivity contribution < 1.29 is 13.7 Å². The average molecular weight is 300 g/mol. The second-order valence-electron chi connectivity index (χ2n) is 4.46. The zero-order valence-corrected chi connectivity index (χ0v) is 11.5. The SMILES string of the molecule is Cl.Fc1ccccc1OCc1noc([C@@H]2CCNC2)n1. The molecule has 1 atom stereocenters. The molecule has 2 aromatic rings. The van der Waals surface area contributed by atoms with Gasteiger partial charge in [-0.1, -0.05) is 17.3 Å². The van der Waals surface area contributed by atoms with Crippen molar-refractivity contribution in [2.75, 3.05) is 13.1 Å². The minimum atomic E-state index is -0.397. The van der Waals surface area contributed by atoms with Crippen LogP contribution in [-0.4, -0.2) is 23.2 Å². The van der Waals surface area contributed by atoms with E-state index in [9.17, 15) is 4.39 Å². The van der Waals surface area contributed by atoms with Gasteiger partial charge < -0.3 is 14.6 Å². The first-order valence-corrected chi connectivity index (χ1v) is 6.23. The number of benzene rings is 1. The minimum absolute atomic E-state index is 0. The number of nitrogens with zero attached hydrogens (tertiary/aromatic N) is 2. The molecule has 0 aliphatic carbocycles. The summed E-state index contributed by atoms with van der Waals surface area (Å²) in [7, 11) is 0. The first-order valence-electron chi connectivity index (χ1n) is 6.23. The van der Waals surface area contributed by atoms with Crippen LogP contribution in [0, 0.1) is 5.82 Å². The zero-order valence-electron chi connectivity index (χ0n) is 10.7. The molecule has 1 saturated heterocycles. The van der Waals surface area contributed by atoms with Crippen LogP contribution in [0.4, 0.5) is 4.39 Å². The van der Waals surface area contributed by atoms with Gasteiger partial charge in [0.1, 0.15) is 0 Å². The van der Waals surface area contributed by atoms with E-state index in [2.05, 4.69) is 15.5 Å². The molecule has 1 aromatic carbocycles. The van der Waals surface area contributed by atoms with Crippen LogP contribution in [0.3, 0.4) is 0 Å². The lowest BCUT2D eigenvalue weighted by atomic mass is 10.1. The Bertz CT molecular complexity index is 558. The molecule has 1 fully saturated rings. The van der Waals surface area contributed by atoms with Crippen molar-refractivity contribution >= 4 is 12.4 Å². The fraction of sp³-hybridized carbons (Fsp3) is 0.385. The number of hydrogen-bond acceptors (Lipinski definition) is 5. The third-order valence-corrected chi connectivity index (χ3v) is 3.09. The highest BCUT2D eigenvalue weighted by Crippen LogP contribution is 2.21. The fourth-order valence-electron chi connectivity index (χ4n) is 2.06. The summed E-state index contributed by atoms with van der Waals surface area (Å²) in [6.45, 7) is 1.93. The largest absolute Gasteiger partial charge is 0.482 e. The van der Waals surface area contributed by atoms with Crippen molar-refractivity contribution in [1.82, 2.24) is 15.5 Å². The molecule has 0 amide bonds. The first-order chi connectivity index (χ1) is 9.33. The number of hydrogen-bond donors (Lipinski definition) is 1. The molecule has 1 N–H and O–H groups in total. The van der Waals surface area contributed by atoms with Gasteiger partial charge in [-0.15, -0.1) is 12.4 Å². The van der Waals surface area contributed by atoms with E-state index < -0.39 is 5.82 Å². The van der Waals surface area contributed by atoms with E-state index in [1.165, 1.54) is 6.07 Å². The third-order valence-electron chi connectivity index (χ3n) is 3.09. The van der Waals surface area contributed by atoms with E-state index >= 15 is 0 Å². The van der Waals surface area contributed by atoms with Gasteiger partial charge in [-0.25, -0.2) is 4.39 Å². The van der Waals surface area contributed by atoms with Crippen LogP contribution >= 0.6 is 12.4 Å². The molecular weight excluding hydrogens is 285 g/mol. The van der Waals surface area contributed by atoms with Crippen molar-refractivity contribution in [3.63, 3.8) is 0 Å². The highest BCUT2D eigenvalue weighted by atomic mass is 35.5. The fourth-order valence-corrected chi connectivity index (χ4v) is 2.06. The number of ether oxygens (including phenoxy) is 1. The Morgan fingerprint density at radius 3 is 3.00 bits per heavy atom. The number of halogens is 2. The predicted octanol–water partition coefficient (Wildman–Crippen LogP) is 2.29. The van der Waals surface area contributed by atoms with Crippen LogP contribution in [-0.2, 0) is 6.61 Å². The smallest absolute Gasteiger partial charge is 0.231 e. The summed E-state index contributed by atoms with van der Waals surface area (Å²) in [5, 5.41) is 7.08. The van der Waals surface area contributed by atoms with Crippen molar-refractivity contribution in [1.29, 1.82) is 0 Å². The molecule has 7 heteroatoms. The quantitative estimate of drug-likeness (QED) is 0.938. The van der Waals surface area contributed by atoms with Gasteiger partial charge >= 0.3 is 0 Å². The average Bonchev–Trinajstić information content (AvgIpc) is 3.09. The lowest BCUT2D eigenvalue weighted by molar-refractivity contribution is 0.272. The van der Waals surface area contributed by atoms with Crippen molar-refractivity contribution in [2.45, 2.75) is 18.9 Å². The normalized spacial score (nSPS) is 17.8. The van der Waals surface area contributed by atoms with Gasteiger partial charge in [0.2, 0.25) is 11.7 Å². The van der Waals surface area contributed by atoms with Gasteiger partial charge in [0.05, 0.1) is 5.92 Å². The van der Waals surface area contributed by atoms with Crippen LogP contribution in [0.2, 0.25) is 0 Å². The number of rotatable bonds is 4.